The van der Waals surface area contributed by atoms with Gasteiger partial charge in [-0.3, -0.25) is 4.99 Å². The van der Waals surface area contributed by atoms with Crippen molar-refractivity contribution in [3.05, 3.63) is 0 Å². The molecule has 0 saturated carbocycles. The molecule has 0 aliphatic carbocycles. The first kappa shape index (κ1) is 14.7. The third-order valence-corrected chi connectivity index (χ3v) is 6.07. The molecule has 1 saturated heterocycles. The number of nitrogens with zero attached hydrogens (tertiary/aromatic N) is 2. The van der Waals surface area contributed by atoms with Crippen LogP contribution < -0.4 is 0 Å². The molecule has 1 fully saturated rings. The zero-order chi connectivity index (χ0) is 13.3. The van der Waals surface area contributed by atoms with Crippen molar-refractivity contribution in [2.24, 2.45) is 10.9 Å². The molecule has 2 nitrogen and oxygen atoms in total. The van der Waals surface area contributed by atoms with Crippen molar-refractivity contribution in [1.29, 1.82) is 0 Å². The van der Waals surface area contributed by atoms with Crippen LogP contribution in [0.3, 0.4) is 0 Å². The molecular weight excluding hydrogens is 224 g/mol. The van der Waals surface area contributed by atoms with Crippen LogP contribution in [-0.4, -0.2) is 37.1 Å². The van der Waals surface area contributed by atoms with Crippen LogP contribution >= 0.6 is 0 Å². The highest BCUT2D eigenvalue weighted by Crippen LogP contribution is 2.27. The summed E-state index contributed by atoms with van der Waals surface area (Å²) >= 11 is 0. The van der Waals surface area contributed by atoms with Gasteiger partial charge in [-0.15, -0.1) is 0 Å². The van der Waals surface area contributed by atoms with E-state index in [9.17, 15) is 0 Å². The van der Waals surface area contributed by atoms with E-state index >= 15 is 0 Å². The SMILES string of the molecule is C[C@H]1CC[C@H]([Si](C)(C)C)N(C=NC(C)(C)C)C1. The Kier molecular flexibility index (Phi) is 4.45. The summed E-state index contributed by atoms with van der Waals surface area (Å²) in [7, 11) is -1.11. The lowest BCUT2D eigenvalue weighted by Gasteiger charge is -2.44. The number of aliphatic imine (C=N–C) groups is 1. The van der Waals surface area contributed by atoms with Gasteiger partial charge in [0.05, 0.1) is 20.0 Å². The van der Waals surface area contributed by atoms with Crippen molar-refractivity contribution >= 4 is 14.4 Å². The molecule has 0 amide bonds. The third kappa shape index (κ3) is 4.82. The lowest BCUT2D eigenvalue weighted by Crippen LogP contribution is -2.54. The highest BCUT2D eigenvalue weighted by atomic mass is 28.3. The van der Waals surface area contributed by atoms with Crippen LogP contribution in [-0.2, 0) is 0 Å². The van der Waals surface area contributed by atoms with E-state index in [0.29, 0.717) is 0 Å². The number of piperidine rings is 1. The van der Waals surface area contributed by atoms with Gasteiger partial charge in [-0.2, -0.15) is 0 Å². The van der Waals surface area contributed by atoms with Gasteiger partial charge >= 0.3 is 0 Å². The van der Waals surface area contributed by atoms with E-state index < -0.39 is 8.07 Å². The molecule has 2 atom stereocenters. The molecule has 0 bridgehead atoms. The van der Waals surface area contributed by atoms with Gasteiger partial charge in [0.2, 0.25) is 0 Å². The van der Waals surface area contributed by atoms with Crippen LogP contribution in [0.25, 0.3) is 0 Å². The molecule has 17 heavy (non-hydrogen) atoms. The Labute approximate surface area is 109 Å². The molecular formula is C14H30N2Si. The van der Waals surface area contributed by atoms with E-state index in [1.165, 1.54) is 19.4 Å². The maximum absolute atomic E-state index is 4.70. The van der Waals surface area contributed by atoms with E-state index in [4.69, 9.17) is 4.99 Å². The summed E-state index contributed by atoms with van der Waals surface area (Å²) in [5.74, 6) is 0.814. The summed E-state index contributed by atoms with van der Waals surface area (Å²) < 4.78 is 0. The normalized spacial score (nSPS) is 27.8. The number of hydrogen-bond acceptors (Lipinski definition) is 1. The molecule has 1 aliphatic heterocycles. The average molecular weight is 254 g/mol. The van der Waals surface area contributed by atoms with E-state index in [0.717, 1.165) is 11.6 Å². The molecule has 1 heterocycles. The monoisotopic (exact) mass is 254 g/mol. The topological polar surface area (TPSA) is 15.6 Å². The average Bonchev–Trinajstić information content (AvgIpc) is 2.11. The lowest BCUT2D eigenvalue weighted by atomic mass is 10.0. The summed E-state index contributed by atoms with van der Waals surface area (Å²) in [4.78, 5) is 7.23. The lowest BCUT2D eigenvalue weighted by molar-refractivity contribution is 0.244. The Balaban J connectivity index is 2.79. The summed E-state index contributed by atoms with van der Waals surface area (Å²) in [5.41, 5.74) is 0.815. The van der Waals surface area contributed by atoms with Crippen LogP contribution in [0.2, 0.25) is 19.6 Å². The third-order valence-electron chi connectivity index (χ3n) is 3.45. The number of hydrogen-bond donors (Lipinski definition) is 0. The molecule has 1 aliphatic rings. The minimum absolute atomic E-state index is 0.0463. The van der Waals surface area contributed by atoms with Crippen molar-refractivity contribution in [2.75, 3.05) is 6.54 Å². The van der Waals surface area contributed by atoms with Crippen molar-refractivity contribution in [2.45, 2.75) is 71.4 Å². The zero-order valence-electron chi connectivity index (χ0n) is 12.7. The fourth-order valence-electron chi connectivity index (χ4n) is 2.49. The summed E-state index contributed by atoms with van der Waals surface area (Å²) in [6.07, 6.45) is 4.88. The molecule has 0 aromatic heterocycles. The predicted octanol–water partition coefficient (Wildman–Crippen LogP) is 3.79. The fourth-order valence-corrected chi connectivity index (χ4v) is 4.69. The molecule has 0 N–H and O–H groups in total. The van der Waals surface area contributed by atoms with Gasteiger partial charge < -0.3 is 4.90 Å². The minimum atomic E-state index is -1.11. The van der Waals surface area contributed by atoms with E-state index in [1.54, 1.807) is 0 Å². The molecule has 0 radical (unpaired) electrons. The van der Waals surface area contributed by atoms with Gasteiger partial charge in [0.25, 0.3) is 0 Å². The van der Waals surface area contributed by atoms with E-state index in [2.05, 4.69) is 58.6 Å². The Bertz CT molecular complexity index is 273. The number of rotatable bonds is 2. The molecule has 100 valence electrons. The van der Waals surface area contributed by atoms with Crippen LogP contribution in [0.5, 0.6) is 0 Å². The fraction of sp³-hybridized carbons (Fsp3) is 0.929. The second-order valence-corrected chi connectivity index (χ2v) is 13.1. The number of likely N-dealkylation sites (tertiary alicyclic amines) is 1. The van der Waals surface area contributed by atoms with Gasteiger partial charge in [0, 0.05) is 12.2 Å². The van der Waals surface area contributed by atoms with Gasteiger partial charge in [-0.05, 0) is 39.5 Å². The molecule has 0 unspecified atom stereocenters. The van der Waals surface area contributed by atoms with Crippen LogP contribution in [0.4, 0.5) is 0 Å². The van der Waals surface area contributed by atoms with Crippen LogP contribution in [0, 0.1) is 5.92 Å². The second-order valence-electron chi connectivity index (χ2n) is 7.68. The summed E-state index contributed by atoms with van der Waals surface area (Å²) in [6.45, 7) is 17.5. The highest BCUT2D eigenvalue weighted by molar-refractivity contribution is 6.77. The van der Waals surface area contributed by atoms with Crippen molar-refractivity contribution < 1.29 is 0 Å². The summed E-state index contributed by atoms with van der Waals surface area (Å²) in [6, 6.07) is 0. The van der Waals surface area contributed by atoms with Gasteiger partial charge in [0.15, 0.2) is 0 Å². The first-order valence-electron chi connectivity index (χ1n) is 6.91. The Hall–Kier alpha value is -0.313. The van der Waals surface area contributed by atoms with Crippen molar-refractivity contribution in [1.82, 2.24) is 4.90 Å². The van der Waals surface area contributed by atoms with E-state index in [-0.39, 0.29) is 5.54 Å². The van der Waals surface area contributed by atoms with Crippen LogP contribution in [0.1, 0.15) is 40.5 Å². The van der Waals surface area contributed by atoms with Crippen LogP contribution in [0.15, 0.2) is 4.99 Å². The quantitative estimate of drug-likeness (QED) is 0.416. The molecule has 1 rings (SSSR count). The molecule has 0 spiro atoms. The molecule has 0 aromatic rings. The first-order valence-corrected chi connectivity index (χ1v) is 10.5. The van der Waals surface area contributed by atoms with Crippen molar-refractivity contribution in [3.63, 3.8) is 0 Å². The van der Waals surface area contributed by atoms with E-state index in [1.807, 2.05) is 0 Å². The Morgan fingerprint density at radius 2 is 1.76 bits per heavy atom. The maximum Gasteiger partial charge on any atom is 0.0856 e. The largest absolute Gasteiger partial charge is 0.363 e. The smallest absolute Gasteiger partial charge is 0.0856 e. The Morgan fingerprint density at radius 1 is 1.18 bits per heavy atom. The first-order chi connectivity index (χ1) is 7.59. The minimum Gasteiger partial charge on any atom is -0.363 e. The van der Waals surface area contributed by atoms with Gasteiger partial charge in [-0.1, -0.05) is 26.6 Å². The molecule has 0 aromatic carbocycles. The van der Waals surface area contributed by atoms with Crippen molar-refractivity contribution in [3.8, 4) is 0 Å². The van der Waals surface area contributed by atoms with Gasteiger partial charge in [0.1, 0.15) is 0 Å². The summed E-state index contributed by atoms with van der Waals surface area (Å²) in [5, 5.41) is 0. The highest BCUT2D eigenvalue weighted by Gasteiger charge is 2.34. The Morgan fingerprint density at radius 3 is 2.24 bits per heavy atom. The zero-order valence-corrected chi connectivity index (χ0v) is 13.7. The molecule has 3 heteroatoms. The standard InChI is InChI=1S/C14H30N2Si/c1-12-8-9-13(17(5,6)7)16(10-12)11-15-14(2,3)4/h11-13H,8-10H2,1-7H3/t12-,13-/m0/s1. The second kappa shape index (κ2) is 5.13. The predicted molar refractivity (Wildman–Crippen MR) is 80.5 cm³/mol. The van der Waals surface area contributed by atoms with Gasteiger partial charge in [-0.25, -0.2) is 0 Å². The maximum atomic E-state index is 4.70.